The lowest BCUT2D eigenvalue weighted by atomic mass is 9.88. The molecule has 2 aliphatic carbocycles. The Labute approximate surface area is 256 Å². The number of hydrogen-bond acceptors (Lipinski definition) is 11. The number of fused-ring (bicyclic) bond motifs is 1. The van der Waals surface area contributed by atoms with Crippen LogP contribution >= 0.6 is 0 Å². The van der Waals surface area contributed by atoms with Crippen molar-refractivity contribution in [1.82, 2.24) is 10.6 Å². The molecule has 3 N–H and O–H groups in total. The van der Waals surface area contributed by atoms with Gasteiger partial charge in [-0.05, 0) is 66.2 Å². The van der Waals surface area contributed by atoms with Crippen LogP contribution in [0.4, 0.5) is 9.59 Å². The van der Waals surface area contributed by atoms with Crippen LogP contribution in [0.1, 0.15) is 60.5 Å². The van der Waals surface area contributed by atoms with Crippen LogP contribution in [0.25, 0.3) is 0 Å². The minimum absolute atomic E-state index is 0.0109. The van der Waals surface area contributed by atoms with Gasteiger partial charge in [0.25, 0.3) is 0 Å². The molecule has 1 aromatic rings. The van der Waals surface area contributed by atoms with Gasteiger partial charge in [0.05, 0.1) is 24.9 Å². The molecule has 2 amide bonds. The standard InChI is InChI=1S/C31H42N2O11/c1-9-40-25(36)22-21-20(34)16-31(23(21)22,26(37)41-10-2)33-24(35)19(32-27(38)43-29(3,4)5)15-17-11-13-18(14-12-17)42-28(39)44-30(6,7)8/h9,11-14,19-23,34H,1,10,15-16H2,2-8H3,(H,32,38)(H,33,35)/t19-,20-,21-,22-,23-,31-/m0/s1. The van der Waals surface area contributed by atoms with Crippen LogP contribution in [-0.4, -0.2) is 70.7 Å². The van der Waals surface area contributed by atoms with E-state index in [9.17, 15) is 29.1 Å². The van der Waals surface area contributed by atoms with Crippen molar-refractivity contribution in [1.29, 1.82) is 0 Å². The monoisotopic (exact) mass is 618 g/mol. The summed E-state index contributed by atoms with van der Waals surface area (Å²) in [4.78, 5) is 64.5. The van der Waals surface area contributed by atoms with Crippen molar-refractivity contribution in [2.45, 2.75) is 90.2 Å². The number of hydrogen-bond donors (Lipinski definition) is 3. The molecule has 6 atom stereocenters. The predicted molar refractivity (Wildman–Crippen MR) is 155 cm³/mol. The van der Waals surface area contributed by atoms with Crippen molar-refractivity contribution in [2.75, 3.05) is 6.61 Å². The first-order valence-corrected chi connectivity index (χ1v) is 14.4. The van der Waals surface area contributed by atoms with Crippen LogP contribution in [0.5, 0.6) is 5.75 Å². The van der Waals surface area contributed by atoms with Crippen molar-refractivity contribution < 1.29 is 52.8 Å². The Kier molecular flexibility index (Phi) is 10.3. The number of nitrogens with one attached hydrogen (secondary N) is 2. The van der Waals surface area contributed by atoms with Crippen molar-refractivity contribution in [2.24, 2.45) is 17.8 Å². The maximum absolute atomic E-state index is 13.8. The summed E-state index contributed by atoms with van der Waals surface area (Å²) in [7, 11) is 0. The van der Waals surface area contributed by atoms with Crippen LogP contribution < -0.4 is 15.4 Å². The zero-order valence-electron chi connectivity index (χ0n) is 26.1. The summed E-state index contributed by atoms with van der Waals surface area (Å²) >= 11 is 0. The summed E-state index contributed by atoms with van der Waals surface area (Å²) in [5, 5.41) is 16.0. The molecule has 13 nitrogen and oxygen atoms in total. The van der Waals surface area contributed by atoms with Gasteiger partial charge in [-0.15, -0.1) is 0 Å². The van der Waals surface area contributed by atoms with Gasteiger partial charge < -0.3 is 39.4 Å². The van der Waals surface area contributed by atoms with E-state index < -0.39 is 76.7 Å². The molecule has 0 bridgehead atoms. The number of benzene rings is 1. The highest BCUT2D eigenvalue weighted by Crippen LogP contribution is 2.63. The topological polar surface area (TPSA) is 176 Å². The van der Waals surface area contributed by atoms with E-state index in [1.807, 2.05) is 0 Å². The van der Waals surface area contributed by atoms with E-state index >= 15 is 0 Å². The molecule has 0 radical (unpaired) electrons. The molecule has 0 unspecified atom stereocenters. The van der Waals surface area contributed by atoms with Gasteiger partial charge in [-0.25, -0.2) is 14.4 Å². The Morgan fingerprint density at radius 3 is 2.20 bits per heavy atom. The Balaban J connectivity index is 1.86. The molecule has 3 rings (SSSR count). The summed E-state index contributed by atoms with van der Waals surface area (Å²) in [6.07, 6.45) is -2.16. The summed E-state index contributed by atoms with van der Waals surface area (Å²) in [5.74, 6) is -4.36. The zero-order valence-corrected chi connectivity index (χ0v) is 26.1. The molecule has 44 heavy (non-hydrogen) atoms. The molecule has 0 aromatic heterocycles. The van der Waals surface area contributed by atoms with E-state index in [4.69, 9.17) is 23.7 Å². The number of ether oxygens (including phenoxy) is 5. The maximum Gasteiger partial charge on any atom is 0.514 e. The number of carbonyl (C=O) groups is 5. The van der Waals surface area contributed by atoms with E-state index in [1.165, 1.54) is 12.1 Å². The third-order valence-corrected chi connectivity index (χ3v) is 7.04. The highest BCUT2D eigenvalue weighted by Gasteiger charge is 2.76. The first-order valence-electron chi connectivity index (χ1n) is 14.4. The minimum Gasteiger partial charge on any atom is -0.464 e. The van der Waals surface area contributed by atoms with Gasteiger partial charge in [0.15, 0.2) is 0 Å². The van der Waals surface area contributed by atoms with Gasteiger partial charge in [0, 0.05) is 24.7 Å². The average molecular weight is 619 g/mol. The molecular weight excluding hydrogens is 576 g/mol. The van der Waals surface area contributed by atoms with Crippen LogP contribution in [0.3, 0.4) is 0 Å². The maximum atomic E-state index is 13.8. The first-order chi connectivity index (χ1) is 20.4. The van der Waals surface area contributed by atoms with Gasteiger partial charge in [0.2, 0.25) is 5.91 Å². The number of amides is 2. The molecule has 13 heteroatoms. The summed E-state index contributed by atoms with van der Waals surface area (Å²) < 4.78 is 25.9. The smallest absolute Gasteiger partial charge is 0.464 e. The van der Waals surface area contributed by atoms with E-state index in [0.29, 0.717) is 5.56 Å². The zero-order chi connectivity index (χ0) is 33.0. The second-order valence-corrected chi connectivity index (χ2v) is 12.8. The Bertz CT molecular complexity index is 1260. The van der Waals surface area contributed by atoms with Gasteiger partial charge in [-0.1, -0.05) is 18.7 Å². The van der Waals surface area contributed by atoms with Crippen molar-refractivity contribution >= 4 is 30.1 Å². The Morgan fingerprint density at radius 1 is 1.05 bits per heavy atom. The molecular formula is C31H42N2O11. The molecule has 0 aliphatic heterocycles. The molecule has 242 valence electrons. The van der Waals surface area contributed by atoms with Crippen LogP contribution in [-0.2, 0) is 39.8 Å². The molecule has 0 spiro atoms. The highest BCUT2D eigenvalue weighted by atomic mass is 16.7. The van der Waals surface area contributed by atoms with Crippen LogP contribution in [0.2, 0.25) is 0 Å². The van der Waals surface area contributed by atoms with Gasteiger partial charge >= 0.3 is 24.2 Å². The highest BCUT2D eigenvalue weighted by molar-refractivity contribution is 5.94. The predicted octanol–water partition coefficient (Wildman–Crippen LogP) is 3.17. The molecule has 2 aliphatic rings. The lowest BCUT2D eigenvalue weighted by molar-refractivity contribution is -0.156. The Morgan fingerprint density at radius 2 is 1.66 bits per heavy atom. The quantitative estimate of drug-likeness (QED) is 0.152. The van der Waals surface area contributed by atoms with E-state index in [1.54, 1.807) is 60.6 Å². The van der Waals surface area contributed by atoms with Crippen molar-refractivity contribution in [3.05, 3.63) is 42.7 Å². The minimum atomic E-state index is -1.75. The number of aliphatic hydroxyl groups is 1. The first kappa shape index (κ1) is 34.4. The van der Waals surface area contributed by atoms with Crippen LogP contribution in [0.15, 0.2) is 37.1 Å². The lowest BCUT2D eigenvalue weighted by Gasteiger charge is -2.33. The van der Waals surface area contributed by atoms with Gasteiger partial charge in [-0.2, -0.15) is 0 Å². The fraction of sp³-hybridized carbons (Fsp3) is 0.581. The Hall–Kier alpha value is -4.13. The van der Waals surface area contributed by atoms with Crippen molar-refractivity contribution in [3.63, 3.8) is 0 Å². The molecule has 1 aromatic carbocycles. The fourth-order valence-corrected chi connectivity index (χ4v) is 5.44. The van der Waals surface area contributed by atoms with Gasteiger partial charge in [0.1, 0.15) is 28.5 Å². The third kappa shape index (κ3) is 8.49. The number of rotatable bonds is 10. The lowest BCUT2D eigenvalue weighted by Crippen LogP contribution is -2.62. The molecule has 0 saturated heterocycles. The molecule has 2 saturated carbocycles. The second kappa shape index (κ2) is 13.2. The molecule has 0 heterocycles. The third-order valence-electron chi connectivity index (χ3n) is 7.04. The number of aliphatic hydroxyl groups excluding tert-OH is 1. The normalized spacial score (nSPS) is 24.5. The van der Waals surface area contributed by atoms with E-state index in [-0.39, 0.29) is 25.2 Å². The second-order valence-electron chi connectivity index (χ2n) is 12.8. The largest absolute Gasteiger partial charge is 0.514 e. The van der Waals surface area contributed by atoms with E-state index in [0.717, 1.165) is 6.26 Å². The summed E-state index contributed by atoms with van der Waals surface area (Å²) in [5.41, 5.74) is -2.80. The van der Waals surface area contributed by atoms with Gasteiger partial charge in [-0.3, -0.25) is 9.59 Å². The summed E-state index contributed by atoms with van der Waals surface area (Å²) in [6, 6.07) is 4.92. The van der Waals surface area contributed by atoms with Crippen LogP contribution in [0, 0.1) is 17.8 Å². The average Bonchev–Trinajstić information content (AvgIpc) is 3.57. The van der Waals surface area contributed by atoms with E-state index in [2.05, 4.69) is 17.2 Å². The number of carbonyl (C=O) groups excluding carboxylic acids is 5. The number of esters is 2. The van der Waals surface area contributed by atoms with Crippen molar-refractivity contribution in [3.8, 4) is 5.75 Å². The summed E-state index contributed by atoms with van der Waals surface area (Å²) in [6.45, 7) is 15.1. The molecule has 2 fully saturated rings. The fourth-order valence-electron chi connectivity index (χ4n) is 5.44. The SMILES string of the molecule is C=COC(=O)[C@H]1[C@H]2[C@@H]1[C@](NC(=O)[C@H](Cc1ccc(OC(=O)OC(C)(C)C)cc1)NC(=O)OC(C)(C)C)(C(=O)OCC)C[C@@H]2O. The number of alkyl carbamates (subject to hydrolysis) is 1.